The molecule has 126 valence electrons. The Hall–Kier alpha value is -1.66. The Bertz CT molecular complexity index is 722. The van der Waals surface area contributed by atoms with Crippen molar-refractivity contribution >= 4 is 43.8 Å². The molecule has 0 aliphatic heterocycles. The highest BCUT2D eigenvalue weighted by Gasteiger charge is 2.26. The molecule has 2 rings (SSSR count). The molecule has 0 aliphatic rings. The number of hydrogen-bond acceptors (Lipinski definition) is 4. The molecule has 0 unspecified atom stereocenters. The number of carbonyl (C=O) groups excluding carboxylic acids is 2. The summed E-state index contributed by atoms with van der Waals surface area (Å²) in [6.45, 7) is 3.35. The summed E-state index contributed by atoms with van der Waals surface area (Å²) < 4.78 is 12.4. The van der Waals surface area contributed by atoms with Gasteiger partial charge in [-0.25, -0.2) is 9.59 Å². The fourth-order valence-corrected chi connectivity index (χ4v) is 2.36. The second-order valence-electron chi connectivity index (χ2n) is 5.74. The third-order valence-electron chi connectivity index (χ3n) is 3.08. The molecule has 6 heteroatoms. The molecule has 0 amide bonds. The molecule has 0 saturated heterocycles. The number of ether oxygens (including phenoxy) is 2. The van der Waals surface area contributed by atoms with Crippen LogP contribution < -0.4 is 0 Å². The van der Waals surface area contributed by atoms with Crippen LogP contribution >= 0.6 is 31.9 Å². The Kier molecular flexibility index (Phi) is 6.18. The van der Waals surface area contributed by atoms with E-state index in [9.17, 15) is 9.59 Å². The van der Waals surface area contributed by atoms with Gasteiger partial charge in [0.05, 0.1) is 11.1 Å². The minimum absolute atomic E-state index is 0.0375. The van der Waals surface area contributed by atoms with Gasteiger partial charge < -0.3 is 9.47 Å². The van der Waals surface area contributed by atoms with E-state index >= 15 is 0 Å². The number of halogens is 2. The first-order valence-corrected chi connectivity index (χ1v) is 8.77. The molecule has 0 heterocycles. The fourth-order valence-electron chi connectivity index (χ4n) is 1.83. The predicted octanol–water partition coefficient (Wildman–Crippen LogP) is 5.00. The third kappa shape index (κ3) is 5.46. The minimum atomic E-state index is -0.935. The molecule has 0 radical (unpaired) electrons. The van der Waals surface area contributed by atoms with E-state index in [1.165, 1.54) is 0 Å². The van der Waals surface area contributed by atoms with Crippen LogP contribution in [0.25, 0.3) is 0 Å². The summed E-state index contributed by atoms with van der Waals surface area (Å²) in [6, 6.07) is 13.7. The molecule has 0 spiro atoms. The van der Waals surface area contributed by atoms with Crippen LogP contribution in [-0.4, -0.2) is 24.1 Å². The monoisotopic (exact) mass is 454 g/mol. The van der Waals surface area contributed by atoms with Crippen LogP contribution in [-0.2, 0) is 9.47 Å². The standard InChI is InChI=1S/C18H16Br2O4/c1-18(2,24-17(22)13-5-9-15(20)10-6-13)11-23-16(21)12-3-7-14(19)8-4-12/h3-10H,11H2,1-2H3. The van der Waals surface area contributed by atoms with E-state index in [1.54, 1.807) is 62.4 Å². The molecule has 0 bridgehead atoms. The number of carbonyl (C=O) groups is 2. The Morgan fingerprint density at radius 1 is 0.833 bits per heavy atom. The molecular formula is C18H16Br2O4. The largest absolute Gasteiger partial charge is 0.458 e. The topological polar surface area (TPSA) is 52.6 Å². The molecule has 0 aromatic heterocycles. The van der Waals surface area contributed by atoms with Crippen molar-refractivity contribution in [2.75, 3.05) is 6.61 Å². The molecule has 4 nitrogen and oxygen atoms in total. The zero-order valence-corrected chi connectivity index (χ0v) is 16.4. The van der Waals surface area contributed by atoms with Crippen LogP contribution in [0.4, 0.5) is 0 Å². The van der Waals surface area contributed by atoms with Crippen LogP contribution in [0.1, 0.15) is 34.6 Å². The van der Waals surface area contributed by atoms with E-state index in [-0.39, 0.29) is 6.61 Å². The van der Waals surface area contributed by atoms with E-state index < -0.39 is 17.5 Å². The number of rotatable bonds is 5. The van der Waals surface area contributed by atoms with E-state index in [0.29, 0.717) is 11.1 Å². The maximum atomic E-state index is 12.1. The number of esters is 2. The first-order valence-electron chi connectivity index (χ1n) is 7.18. The molecule has 2 aromatic rings. The summed E-state index contributed by atoms with van der Waals surface area (Å²) in [5.74, 6) is -0.928. The van der Waals surface area contributed by atoms with Gasteiger partial charge in [0.15, 0.2) is 0 Å². The van der Waals surface area contributed by atoms with Crippen molar-refractivity contribution in [1.29, 1.82) is 0 Å². The summed E-state index contributed by atoms with van der Waals surface area (Å²) in [7, 11) is 0. The fraction of sp³-hybridized carbons (Fsp3) is 0.222. The van der Waals surface area contributed by atoms with E-state index in [0.717, 1.165) is 8.95 Å². The first kappa shape index (κ1) is 18.7. The number of benzene rings is 2. The Labute approximate surface area is 157 Å². The average molecular weight is 456 g/mol. The Morgan fingerprint density at radius 3 is 1.71 bits per heavy atom. The van der Waals surface area contributed by atoms with Gasteiger partial charge in [-0.3, -0.25) is 0 Å². The predicted molar refractivity (Wildman–Crippen MR) is 98.1 cm³/mol. The van der Waals surface area contributed by atoms with Gasteiger partial charge >= 0.3 is 11.9 Å². The lowest BCUT2D eigenvalue weighted by molar-refractivity contribution is -0.0370. The highest BCUT2D eigenvalue weighted by atomic mass is 79.9. The second kappa shape index (κ2) is 7.94. The van der Waals surface area contributed by atoms with Crippen molar-refractivity contribution in [2.45, 2.75) is 19.4 Å². The Balaban J connectivity index is 1.93. The van der Waals surface area contributed by atoms with Crippen LogP contribution in [0, 0.1) is 0 Å². The second-order valence-corrected chi connectivity index (χ2v) is 7.57. The van der Waals surface area contributed by atoms with Gasteiger partial charge in [0.2, 0.25) is 0 Å². The normalized spacial score (nSPS) is 11.0. The third-order valence-corrected chi connectivity index (χ3v) is 4.14. The highest BCUT2D eigenvalue weighted by molar-refractivity contribution is 9.10. The smallest absolute Gasteiger partial charge is 0.338 e. The van der Waals surface area contributed by atoms with Gasteiger partial charge in [-0.1, -0.05) is 31.9 Å². The summed E-state index contributed by atoms with van der Waals surface area (Å²) in [5, 5.41) is 0. The summed E-state index contributed by atoms with van der Waals surface area (Å²) in [5.41, 5.74) is -0.0615. The average Bonchev–Trinajstić information content (AvgIpc) is 2.53. The maximum Gasteiger partial charge on any atom is 0.338 e. The first-order chi connectivity index (χ1) is 11.3. The lowest BCUT2D eigenvalue weighted by atomic mass is 10.1. The molecule has 0 saturated carbocycles. The van der Waals surface area contributed by atoms with Gasteiger partial charge in [0.25, 0.3) is 0 Å². The van der Waals surface area contributed by atoms with E-state index in [2.05, 4.69) is 31.9 Å². The molecule has 2 aromatic carbocycles. The Morgan fingerprint density at radius 2 is 1.25 bits per heavy atom. The number of hydrogen-bond donors (Lipinski definition) is 0. The molecule has 0 N–H and O–H groups in total. The van der Waals surface area contributed by atoms with Crippen molar-refractivity contribution in [3.63, 3.8) is 0 Å². The zero-order valence-electron chi connectivity index (χ0n) is 13.2. The van der Waals surface area contributed by atoms with Gasteiger partial charge in [0, 0.05) is 8.95 Å². The quantitative estimate of drug-likeness (QED) is 0.595. The summed E-state index contributed by atoms with van der Waals surface area (Å²) in [6.07, 6.45) is 0. The van der Waals surface area contributed by atoms with Crippen molar-refractivity contribution < 1.29 is 19.1 Å². The van der Waals surface area contributed by atoms with Crippen LogP contribution in [0.15, 0.2) is 57.5 Å². The van der Waals surface area contributed by atoms with Gasteiger partial charge in [-0.15, -0.1) is 0 Å². The van der Waals surface area contributed by atoms with Gasteiger partial charge in [0.1, 0.15) is 12.2 Å². The van der Waals surface area contributed by atoms with Gasteiger partial charge in [-0.2, -0.15) is 0 Å². The lowest BCUT2D eigenvalue weighted by Gasteiger charge is -2.24. The summed E-state index contributed by atoms with van der Waals surface area (Å²) in [4.78, 5) is 24.2. The van der Waals surface area contributed by atoms with Crippen LogP contribution in [0.2, 0.25) is 0 Å². The van der Waals surface area contributed by atoms with Crippen LogP contribution in [0.5, 0.6) is 0 Å². The maximum absolute atomic E-state index is 12.1. The van der Waals surface area contributed by atoms with Crippen molar-refractivity contribution in [1.82, 2.24) is 0 Å². The van der Waals surface area contributed by atoms with Gasteiger partial charge in [-0.05, 0) is 62.4 Å². The highest BCUT2D eigenvalue weighted by Crippen LogP contribution is 2.17. The van der Waals surface area contributed by atoms with Crippen molar-refractivity contribution in [2.24, 2.45) is 0 Å². The summed E-state index contributed by atoms with van der Waals surface area (Å²) >= 11 is 6.62. The molecule has 0 fully saturated rings. The molecule has 0 aliphatic carbocycles. The van der Waals surface area contributed by atoms with Crippen molar-refractivity contribution in [3.8, 4) is 0 Å². The van der Waals surface area contributed by atoms with E-state index in [1.807, 2.05) is 0 Å². The molecule has 0 atom stereocenters. The van der Waals surface area contributed by atoms with Crippen molar-refractivity contribution in [3.05, 3.63) is 68.6 Å². The van der Waals surface area contributed by atoms with Crippen LogP contribution in [0.3, 0.4) is 0 Å². The van der Waals surface area contributed by atoms with E-state index in [4.69, 9.17) is 9.47 Å². The molecule has 24 heavy (non-hydrogen) atoms. The molecular weight excluding hydrogens is 440 g/mol. The minimum Gasteiger partial charge on any atom is -0.458 e. The SMILES string of the molecule is CC(C)(COC(=O)c1ccc(Br)cc1)OC(=O)c1ccc(Br)cc1. The lowest BCUT2D eigenvalue weighted by Crippen LogP contribution is -2.34. The zero-order chi connectivity index (χ0) is 17.7.